The molecule has 0 bridgehead atoms. The molecule has 0 saturated heterocycles. The molecule has 0 spiro atoms. The van der Waals surface area contributed by atoms with Gasteiger partial charge in [-0.15, -0.1) is 3.89 Å². The zero-order chi connectivity index (χ0) is 10.9. The molecule has 0 heterocycles. The Hall–Kier alpha value is -1.57. The third-order valence-corrected chi connectivity index (χ3v) is 2.15. The first kappa shape index (κ1) is 10.5. The number of halogens is 2. The quantitative estimate of drug-likeness (QED) is 0.431. The van der Waals surface area contributed by atoms with Gasteiger partial charge in [0.15, 0.2) is 0 Å². The summed E-state index contributed by atoms with van der Waals surface area (Å²) in [6.45, 7) is 0. The molecule has 0 atom stereocenters. The lowest BCUT2D eigenvalue weighted by Crippen LogP contribution is -1.96. The van der Waals surface area contributed by atoms with E-state index in [9.17, 15) is 26.8 Å². The van der Waals surface area contributed by atoms with Crippen LogP contribution >= 0.6 is 0 Å². The number of non-ortho nitro benzene ring substituents is 1. The van der Waals surface area contributed by atoms with E-state index in [-0.39, 0.29) is 0 Å². The van der Waals surface area contributed by atoms with Crippen LogP contribution < -0.4 is 0 Å². The van der Waals surface area contributed by atoms with Crippen LogP contribution in [-0.4, -0.2) is 13.3 Å². The Morgan fingerprint density at radius 2 is 1.86 bits per heavy atom. The highest BCUT2D eigenvalue weighted by atomic mass is 32.3. The van der Waals surface area contributed by atoms with Crippen molar-refractivity contribution in [2.45, 2.75) is 4.90 Å². The molecule has 1 aromatic carbocycles. The third-order valence-electron chi connectivity index (χ3n) is 1.35. The maximum atomic E-state index is 12.6. The summed E-state index contributed by atoms with van der Waals surface area (Å²) >= 11 is 0. The van der Waals surface area contributed by atoms with Crippen LogP contribution in [0.5, 0.6) is 0 Å². The molecule has 0 N–H and O–H groups in total. The van der Waals surface area contributed by atoms with Gasteiger partial charge in [0, 0.05) is 6.07 Å². The molecular formula is C6H3F2NO4S. The number of benzene rings is 1. The Morgan fingerprint density at radius 1 is 1.29 bits per heavy atom. The SMILES string of the molecule is O=[N+]([O-])c1cc(F)cc(S(=O)(=O)F)c1. The monoisotopic (exact) mass is 223 g/mol. The average molecular weight is 223 g/mol. The van der Waals surface area contributed by atoms with E-state index >= 15 is 0 Å². The maximum absolute atomic E-state index is 12.6. The first-order valence-electron chi connectivity index (χ1n) is 3.20. The highest BCUT2D eigenvalue weighted by molar-refractivity contribution is 7.86. The minimum absolute atomic E-state index is 0.363. The predicted octanol–water partition coefficient (Wildman–Crippen LogP) is 1.39. The van der Waals surface area contributed by atoms with Crippen LogP contribution in [0.4, 0.5) is 14.0 Å². The molecule has 0 aliphatic rings. The van der Waals surface area contributed by atoms with Crippen LogP contribution in [0.1, 0.15) is 0 Å². The normalized spacial score (nSPS) is 11.3. The maximum Gasteiger partial charge on any atom is 0.332 e. The van der Waals surface area contributed by atoms with Crippen molar-refractivity contribution in [3.63, 3.8) is 0 Å². The molecule has 8 heteroatoms. The van der Waals surface area contributed by atoms with E-state index in [0.717, 1.165) is 0 Å². The Kier molecular flexibility index (Phi) is 2.47. The van der Waals surface area contributed by atoms with Crippen LogP contribution in [0.3, 0.4) is 0 Å². The molecule has 5 nitrogen and oxygen atoms in total. The van der Waals surface area contributed by atoms with Crippen LogP contribution in [0.25, 0.3) is 0 Å². The predicted molar refractivity (Wildman–Crippen MR) is 41.3 cm³/mol. The van der Waals surface area contributed by atoms with E-state index < -0.39 is 31.5 Å². The second kappa shape index (κ2) is 3.29. The van der Waals surface area contributed by atoms with Crippen molar-refractivity contribution in [3.8, 4) is 0 Å². The first-order valence-corrected chi connectivity index (χ1v) is 4.59. The van der Waals surface area contributed by atoms with E-state index in [0.29, 0.717) is 18.2 Å². The van der Waals surface area contributed by atoms with E-state index in [1.807, 2.05) is 0 Å². The Balaban J connectivity index is 3.43. The summed E-state index contributed by atoms with van der Waals surface area (Å²) in [5.41, 5.74) is -0.818. The molecule has 0 amide bonds. The lowest BCUT2D eigenvalue weighted by Gasteiger charge is -1.95. The summed E-state index contributed by atoms with van der Waals surface area (Å²) in [6.07, 6.45) is 0. The molecule has 1 rings (SSSR count). The van der Waals surface area contributed by atoms with E-state index in [1.165, 1.54) is 0 Å². The molecular weight excluding hydrogens is 220 g/mol. The van der Waals surface area contributed by atoms with Gasteiger partial charge in [0.1, 0.15) is 10.7 Å². The highest BCUT2D eigenvalue weighted by Crippen LogP contribution is 2.21. The van der Waals surface area contributed by atoms with Gasteiger partial charge >= 0.3 is 10.2 Å². The fourth-order valence-electron chi connectivity index (χ4n) is 0.794. The standard InChI is InChI=1S/C6H3F2NO4S/c7-4-1-5(9(10)11)3-6(2-4)14(8,12)13/h1-3H. The molecule has 0 saturated carbocycles. The van der Waals surface area contributed by atoms with Crippen molar-refractivity contribution in [2.24, 2.45) is 0 Å². The number of hydrogen-bond donors (Lipinski definition) is 0. The highest BCUT2D eigenvalue weighted by Gasteiger charge is 2.18. The largest absolute Gasteiger partial charge is 0.332 e. The van der Waals surface area contributed by atoms with E-state index in [2.05, 4.69) is 0 Å². The first-order chi connectivity index (χ1) is 6.30. The molecule has 0 unspecified atom stereocenters. The molecule has 76 valence electrons. The summed E-state index contributed by atoms with van der Waals surface area (Å²) in [7, 11) is -5.13. The minimum atomic E-state index is -5.13. The summed E-state index contributed by atoms with van der Waals surface area (Å²) < 4.78 is 45.5. The topological polar surface area (TPSA) is 77.3 Å². The van der Waals surface area contributed by atoms with Gasteiger partial charge in [0.05, 0.1) is 11.0 Å². The van der Waals surface area contributed by atoms with Crippen molar-refractivity contribution in [1.82, 2.24) is 0 Å². The van der Waals surface area contributed by atoms with Crippen molar-refractivity contribution in [1.29, 1.82) is 0 Å². The average Bonchev–Trinajstić information content (AvgIpc) is 2.01. The van der Waals surface area contributed by atoms with Gasteiger partial charge < -0.3 is 0 Å². The van der Waals surface area contributed by atoms with Gasteiger partial charge in [-0.25, -0.2) is 4.39 Å². The van der Waals surface area contributed by atoms with Gasteiger partial charge in [-0.3, -0.25) is 10.1 Å². The second-order valence-corrected chi connectivity index (χ2v) is 3.69. The van der Waals surface area contributed by atoms with Gasteiger partial charge in [0.2, 0.25) is 0 Å². The van der Waals surface area contributed by atoms with Gasteiger partial charge in [-0.2, -0.15) is 8.42 Å². The zero-order valence-corrected chi connectivity index (χ0v) is 7.29. The second-order valence-electron chi connectivity index (χ2n) is 2.34. The Labute approximate surface area is 77.3 Å². The van der Waals surface area contributed by atoms with Crippen molar-refractivity contribution < 1.29 is 21.6 Å². The molecule has 0 fully saturated rings. The fraction of sp³-hybridized carbons (Fsp3) is 0. The van der Waals surface area contributed by atoms with Crippen LogP contribution in [0.15, 0.2) is 23.1 Å². The van der Waals surface area contributed by atoms with Gasteiger partial charge in [-0.1, -0.05) is 0 Å². The summed E-state index contributed by atoms with van der Waals surface area (Å²) in [6, 6.07) is 1.30. The zero-order valence-electron chi connectivity index (χ0n) is 6.48. The van der Waals surface area contributed by atoms with E-state index in [1.54, 1.807) is 0 Å². The lowest BCUT2D eigenvalue weighted by molar-refractivity contribution is -0.385. The molecule has 1 aromatic rings. The summed E-state index contributed by atoms with van der Waals surface area (Å²) in [5.74, 6) is -1.18. The lowest BCUT2D eigenvalue weighted by atomic mass is 10.3. The number of nitrogens with zero attached hydrogens (tertiary/aromatic N) is 1. The number of hydrogen-bond acceptors (Lipinski definition) is 4. The van der Waals surface area contributed by atoms with Crippen molar-refractivity contribution in [2.75, 3.05) is 0 Å². The number of nitro benzene ring substituents is 1. The molecule has 0 radical (unpaired) electrons. The third kappa shape index (κ3) is 2.22. The van der Waals surface area contributed by atoms with Gasteiger partial charge in [0.25, 0.3) is 5.69 Å². The fourth-order valence-corrected chi connectivity index (χ4v) is 1.31. The van der Waals surface area contributed by atoms with Crippen molar-refractivity contribution in [3.05, 3.63) is 34.1 Å². The van der Waals surface area contributed by atoms with Crippen LogP contribution in [0, 0.1) is 15.9 Å². The summed E-state index contributed by atoms with van der Waals surface area (Å²) in [4.78, 5) is 8.07. The summed E-state index contributed by atoms with van der Waals surface area (Å²) in [5, 5.41) is 10.2. The molecule has 0 aliphatic carbocycles. The molecule has 0 aliphatic heterocycles. The minimum Gasteiger partial charge on any atom is -0.258 e. The number of rotatable bonds is 2. The van der Waals surface area contributed by atoms with E-state index in [4.69, 9.17) is 0 Å². The smallest absolute Gasteiger partial charge is 0.258 e. The van der Waals surface area contributed by atoms with Crippen LogP contribution in [-0.2, 0) is 10.2 Å². The molecule has 14 heavy (non-hydrogen) atoms. The Morgan fingerprint density at radius 3 is 2.29 bits per heavy atom. The van der Waals surface area contributed by atoms with Crippen molar-refractivity contribution >= 4 is 15.9 Å². The van der Waals surface area contributed by atoms with Gasteiger partial charge in [-0.05, 0) is 6.07 Å². The Bertz CT molecular complexity index is 485. The van der Waals surface area contributed by atoms with Crippen LogP contribution in [0.2, 0.25) is 0 Å². The number of nitro groups is 1. The molecule has 0 aromatic heterocycles.